The van der Waals surface area contributed by atoms with E-state index >= 15 is 0 Å². The van der Waals surface area contributed by atoms with E-state index in [9.17, 15) is 4.79 Å². The number of aromatic nitrogens is 1. The van der Waals surface area contributed by atoms with Gasteiger partial charge in [0.15, 0.2) is 0 Å². The highest BCUT2D eigenvalue weighted by Crippen LogP contribution is 2.38. The summed E-state index contributed by atoms with van der Waals surface area (Å²) in [5.74, 6) is 1.66. The zero-order chi connectivity index (χ0) is 11.8. The molecule has 1 aliphatic carbocycles. The first-order valence-electron chi connectivity index (χ1n) is 6.22. The van der Waals surface area contributed by atoms with Crippen LogP contribution in [-0.2, 0) is 0 Å². The van der Waals surface area contributed by atoms with Crippen LogP contribution in [0.1, 0.15) is 29.6 Å². The quantitative estimate of drug-likeness (QED) is 0.843. The number of carbonyl (C=O) groups is 1. The topological polar surface area (TPSA) is 45.2 Å². The van der Waals surface area contributed by atoms with Gasteiger partial charge in [-0.15, -0.1) is 0 Å². The van der Waals surface area contributed by atoms with Gasteiger partial charge in [-0.25, -0.2) is 4.98 Å². The van der Waals surface area contributed by atoms with Gasteiger partial charge < -0.3 is 10.2 Å². The minimum Gasteiger partial charge on any atom is -0.373 e. The molecule has 1 aliphatic heterocycles. The Bertz CT molecular complexity index is 446. The average molecular weight is 231 g/mol. The molecule has 2 aliphatic rings. The van der Waals surface area contributed by atoms with E-state index in [2.05, 4.69) is 10.3 Å². The van der Waals surface area contributed by atoms with E-state index in [0.717, 1.165) is 23.8 Å². The van der Waals surface area contributed by atoms with Crippen LogP contribution < -0.4 is 5.32 Å². The number of carbonyl (C=O) groups excluding carboxylic acids is 1. The Balaban J connectivity index is 1.81. The van der Waals surface area contributed by atoms with Gasteiger partial charge in [-0.1, -0.05) is 0 Å². The van der Waals surface area contributed by atoms with Gasteiger partial charge in [0.2, 0.25) is 0 Å². The van der Waals surface area contributed by atoms with Gasteiger partial charge in [-0.2, -0.15) is 0 Å². The molecule has 2 atom stereocenters. The molecule has 2 unspecified atom stereocenters. The second-order valence-corrected chi connectivity index (χ2v) is 4.97. The van der Waals surface area contributed by atoms with E-state index in [1.165, 1.54) is 19.3 Å². The summed E-state index contributed by atoms with van der Waals surface area (Å²) in [6, 6.07) is 4.11. The summed E-state index contributed by atoms with van der Waals surface area (Å²) >= 11 is 0. The van der Waals surface area contributed by atoms with Crippen molar-refractivity contribution in [1.29, 1.82) is 0 Å². The lowest BCUT2D eigenvalue weighted by atomic mass is 10.1. The smallest absolute Gasteiger partial charge is 0.254 e. The van der Waals surface area contributed by atoms with Crippen molar-refractivity contribution in [2.75, 3.05) is 18.9 Å². The Morgan fingerprint density at radius 1 is 1.53 bits per heavy atom. The molecule has 0 radical (unpaired) electrons. The summed E-state index contributed by atoms with van der Waals surface area (Å²) in [6.07, 6.45) is 5.37. The molecule has 1 N–H and O–H groups in total. The fourth-order valence-corrected chi connectivity index (χ4v) is 3.04. The number of nitrogens with zero attached hydrogens (tertiary/aromatic N) is 2. The predicted octanol–water partition coefficient (Wildman–Crippen LogP) is 1.75. The molecule has 1 saturated heterocycles. The SMILES string of the molecule is CNc1cc(C(=O)N2CC3CCC2C3)ccn1. The summed E-state index contributed by atoms with van der Waals surface area (Å²) < 4.78 is 0. The molecule has 4 heteroatoms. The van der Waals surface area contributed by atoms with Crippen molar-refractivity contribution in [2.24, 2.45) is 5.92 Å². The van der Waals surface area contributed by atoms with Gasteiger partial charge in [-0.3, -0.25) is 4.79 Å². The molecule has 1 amide bonds. The normalized spacial score (nSPS) is 26.3. The summed E-state index contributed by atoms with van der Waals surface area (Å²) in [5.41, 5.74) is 0.747. The van der Waals surface area contributed by atoms with Crippen LogP contribution >= 0.6 is 0 Å². The highest BCUT2D eigenvalue weighted by Gasteiger charge is 2.40. The van der Waals surface area contributed by atoms with Crippen molar-refractivity contribution in [3.8, 4) is 0 Å². The first kappa shape index (κ1) is 10.6. The fraction of sp³-hybridized carbons (Fsp3) is 0.538. The van der Waals surface area contributed by atoms with Crippen LogP contribution in [0.25, 0.3) is 0 Å². The summed E-state index contributed by atoms with van der Waals surface area (Å²) in [4.78, 5) is 18.6. The third-order valence-electron chi connectivity index (χ3n) is 3.93. The van der Waals surface area contributed by atoms with Crippen LogP contribution in [0.3, 0.4) is 0 Å². The van der Waals surface area contributed by atoms with Crippen LogP contribution in [-0.4, -0.2) is 35.4 Å². The summed E-state index contributed by atoms with van der Waals surface area (Å²) in [6.45, 7) is 0.945. The Hall–Kier alpha value is -1.58. The van der Waals surface area contributed by atoms with Crippen molar-refractivity contribution in [1.82, 2.24) is 9.88 Å². The zero-order valence-corrected chi connectivity index (χ0v) is 10.0. The molecule has 0 aromatic carbocycles. The van der Waals surface area contributed by atoms with Crippen molar-refractivity contribution in [2.45, 2.75) is 25.3 Å². The molecule has 2 bridgehead atoms. The molecule has 4 nitrogen and oxygen atoms in total. The van der Waals surface area contributed by atoms with Gasteiger partial charge >= 0.3 is 0 Å². The highest BCUT2D eigenvalue weighted by molar-refractivity contribution is 5.95. The molecule has 2 fully saturated rings. The van der Waals surface area contributed by atoms with Crippen LogP contribution in [0.5, 0.6) is 0 Å². The lowest BCUT2D eigenvalue weighted by Crippen LogP contribution is -2.37. The van der Waals surface area contributed by atoms with Crippen molar-refractivity contribution in [3.05, 3.63) is 23.9 Å². The molecule has 1 aromatic rings. The molecular weight excluding hydrogens is 214 g/mol. The maximum atomic E-state index is 12.4. The molecule has 17 heavy (non-hydrogen) atoms. The maximum Gasteiger partial charge on any atom is 0.254 e. The minimum atomic E-state index is 0.163. The molecule has 1 saturated carbocycles. The number of rotatable bonds is 2. The number of pyridine rings is 1. The van der Waals surface area contributed by atoms with Gasteiger partial charge in [0, 0.05) is 31.4 Å². The van der Waals surface area contributed by atoms with E-state index in [0.29, 0.717) is 6.04 Å². The van der Waals surface area contributed by atoms with Crippen molar-refractivity contribution in [3.63, 3.8) is 0 Å². The zero-order valence-electron chi connectivity index (χ0n) is 10.0. The summed E-state index contributed by atoms with van der Waals surface area (Å²) in [7, 11) is 1.81. The van der Waals surface area contributed by atoms with E-state index in [4.69, 9.17) is 0 Å². The first-order chi connectivity index (χ1) is 8.28. The second-order valence-electron chi connectivity index (χ2n) is 4.97. The molecular formula is C13H17N3O. The van der Waals surface area contributed by atoms with Gasteiger partial charge in [0.25, 0.3) is 5.91 Å². The third-order valence-corrected chi connectivity index (χ3v) is 3.93. The monoisotopic (exact) mass is 231 g/mol. The van der Waals surface area contributed by atoms with E-state index in [-0.39, 0.29) is 5.91 Å². The molecule has 3 rings (SSSR count). The van der Waals surface area contributed by atoms with E-state index in [1.807, 2.05) is 18.0 Å². The number of hydrogen-bond acceptors (Lipinski definition) is 3. The lowest BCUT2D eigenvalue weighted by Gasteiger charge is -2.27. The van der Waals surface area contributed by atoms with Crippen molar-refractivity contribution < 1.29 is 4.79 Å². The predicted molar refractivity (Wildman–Crippen MR) is 65.9 cm³/mol. The lowest BCUT2D eigenvalue weighted by molar-refractivity contribution is 0.0703. The number of piperidine rings is 1. The Labute approximate surface area is 101 Å². The number of amides is 1. The third kappa shape index (κ3) is 1.77. The van der Waals surface area contributed by atoms with Crippen LogP contribution in [0, 0.1) is 5.92 Å². The molecule has 0 spiro atoms. The van der Waals surface area contributed by atoms with Crippen molar-refractivity contribution >= 4 is 11.7 Å². The maximum absolute atomic E-state index is 12.4. The van der Waals surface area contributed by atoms with Crippen LogP contribution in [0.15, 0.2) is 18.3 Å². The molecule has 2 heterocycles. The second kappa shape index (κ2) is 4.02. The Kier molecular flexibility index (Phi) is 2.50. The van der Waals surface area contributed by atoms with Gasteiger partial charge in [0.1, 0.15) is 5.82 Å². The number of fused-ring (bicyclic) bond motifs is 2. The number of likely N-dealkylation sites (tertiary alicyclic amines) is 1. The summed E-state index contributed by atoms with van der Waals surface area (Å²) in [5, 5.41) is 2.96. The van der Waals surface area contributed by atoms with Gasteiger partial charge in [-0.05, 0) is 37.3 Å². The molecule has 90 valence electrons. The van der Waals surface area contributed by atoms with Gasteiger partial charge in [0.05, 0.1) is 0 Å². The molecule has 1 aromatic heterocycles. The first-order valence-corrected chi connectivity index (χ1v) is 6.22. The number of nitrogens with one attached hydrogen (secondary N) is 1. The number of anilines is 1. The average Bonchev–Trinajstić information content (AvgIpc) is 3.00. The Morgan fingerprint density at radius 3 is 3.06 bits per heavy atom. The van der Waals surface area contributed by atoms with E-state index < -0.39 is 0 Å². The fourth-order valence-electron chi connectivity index (χ4n) is 3.04. The van der Waals surface area contributed by atoms with Crippen LogP contribution in [0.2, 0.25) is 0 Å². The highest BCUT2D eigenvalue weighted by atomic mass is 16.2. The standard InChI is InChI=1S/C13H17N3O/c1-14-12-7-10(4-5-15-12)13(17)16-8-9-2-3-11(16)6-9/h4-5,7,9,11H,2-3,6,8H2,1H3,(H,14,15). The largest absolute Gasteiger partial charge is 0.373 e. The van der Waals surface area contributed by atoms with Crippen LogP contribution in [0.4, 0.5) is 5.82 Å². The van der Waals surface area contributed by atoms with E-state index in [1.54, 1.807) is 12.3 Å². The minimum absolute atomic E-state index is 0.163. The number of hydrogen-bond donors (Lipinski definition) is 1. The Morgan fingerprint density at radius 2 is 2.41 bits per heavy atom.